The fourth-order valence-electron chi connectivity index (χ4n) is 2.88. The number of nitrogens with zero attached hydrogens (tertiary/aromatic N) is 1. The quantitative estimate of drug-likeness (QED) is 0.619. The fraction of sp³-hybridized carbons (Fsp3) is 0.167. The van der Waals surface area contributed by atoms with Crippen LogP contribution in [0.5, 0.6) is 5.75 Å². The SMILES string of the molecule is CCCOc1ccccc1C(=O)Nc1cccc(C(=O)N(C)c2ccccc2)c1. The molecule has 5 heteroatoms. The molecule has 0 atom stereocenters. The minimum absolute atomic E-state index is 0.154. The van der Waals surface area contributed by atoms with Crippen LogP contribution in [0.15, 0.2) is 78.9 Å². The molecule has 0 radical (unpaired) electrons. The van der Waals surface area contributed by atoms with Gasteiger partial charge in [0.15, 0.2) is 0 Å². The van der Waals surface area contributed by atoms with E-state index in [0.29, 0.717) is 29.2 Å². The molecule has 0 saturated heterocycles. The van der Waals surface area contributed by atoms with Crippen molar-refractivity contribution in [3.63, 3.8) is 0 Å². The zero-order chi connectivity index (χ0) is 20.6. The van der Waals surface area contributed by atoms with Gasteiger partial charge in [-0.15, -0.1) is 0 Å². The Labute approximate surface area is 170 Å². The van der Waals surface area contributed by atoms with E-state index >= 15 is 0 Å². The van der Waals surface area contributed by atoms with Crippen molar-refractivity contribution in [2.45, 2.75) is 13.3 Å². The van der Waals surface area contributed by atoms with Gasteiger partial charge in [-0.3, -0.25) is 9.59 Å². The van der Waals surface area contributed by atoms with Crippen LogP contribution in [0.3, 0.4) is 0 Å². The van der Waals surface area contributed by atoms with E-state index in [1.807, 2.05) is 43.3 Å². The van der Waals surface area contributed by atoms with Gasteiger partial charge < -0.3 is 15.0 Å². The normalized spacial score (nSPS) is 10.3. The first-order chi connectivity index (χ1) is 14.1. The van der Waals surface area contributed by atoms with E-state index in [2.05, 4.69) is 5.32 Å². The number of para-hydroxylation sites is 2. The Hall–Kier alpha value is -3.60. The molecule has 0 aliphatic rings. The first-order valence-corrected chi connectivity index (χ1v) is 9.56. The zero-order valence-corrected chi connectivity index (χ0v) is 16.6. The summed E-state index contributed by atoms with van der Waals surface area (Å²) in [4.78, 5) is 27.1. The fourth-order valence-corrected chi connectivity index (χ4v) is 2.88. The minimum atomic E-state index is -0.280. The number of carbonyl (C=O) groups excluding carboxylic acids is 2. The smallest absolute Gasteiger partial charge is 0.259 e. The summed E-state index contributed by atoms with van der Waals surface area (Å²) in [6, 6.07) is 23.5. The number of hydrogen-bond acceptors (Lipinski definition) is 3. The maximum atomic E-state index is 12.8. The highest BCUT2D eigenvalue weighted by atomic mass is 16.5. The summed E-state index contributed by atoms with van der Waals surface area (Å²) in [5.74, 6) is 0.111. The van der Waals surface area contributed by atoms with Crippen molar-refractivity contribution >= 4 is 23.2 Å². The van der Waals surface area contributed by atoms with Crippen LogP contribution >= 0.6 is 0 Å². The second-order valence-electron chi connectivity index (χ2n) is 6.58. The van der Waals surface area contributed by atoms with Crippen molar-refractivity contribution in [2.75, 3.05) is 23.9 Å². The second-order valence-corrected chi connectivity index (χ2v) is 6.58. The lowest BCUT2D eigenvalue weighted by atomic mass is 10.1. The van der Waals surface area contributed by atoms with Crippen molar-refractivity contribution in [2.24, 2.45) is 0 Å². The zero-order valence-electron chi connectivity index (χ0n) is 16.6. The van der Waals surface area contributed by atoms with Gasteiger partial charge in [-0.05, 0) is 48.9 Å². The highest BCUT2D eigenvalue weighted by Gasteiger charge is 2.16. The molecule has 0 fully saturated rings. The average molecular weight is 388 g/mol. The standard InChI is InChI=1S/C24H24N2O3/c1-3-16-29-22-15-8-7-14-21(22)23(27)25-19-11-9-10-18(17-19)24(28)26(2)20-12-5-4-6-13-20/h4-15,17H,3,16H2,1-2H3,(H,25,27). The molecule has 0 aliphatic carbocycles. The van der Waals surface area contributed by atoms with Gasteiger partial charge in [0.05, 0.1) is 12.2 Å². The Morgan fingerprint density at radius 1 is 0.931 bits per heavy atom. The lowest BCUT2D eigenvalue weighted by Gasteiger charge is -2.18. The van der Waals surface area contributed by atoms with Gasteiger partial charge in [0.1, 0.15) is 5.75 Å². The van der Waals surface area contributed by atoms with Crippen molar-refractivity contribution in [3.05, 3.63) is 90.0 Å². The summed E-state index contributed by atoms with van der Waals surface area (Å²) in [5.41, 5.74) is 2.30. The number of carbonyl (C=O) groups is 2. The van der Waals surface area contributed by atoms with Crippen LogP contribution in [0.1, 0.15) is 34.1 Å². The van der Waals surface area contributed by atoms with E-state index in [4.69, 9.17) is 4.74 Å². The molecule has 5 nitrogen and oxygen atoms in total. The molecule has 3 aromatic rings. The lowest BCUT2D eigenvalue weighted by Crippen LogP contribution is -2.26. The van der Waals surface area contributed by atoms with Gasteiger partial charge in [0.2, 0.25) is 0 Å². The van der Waals surface area contributed by atoms with Crippen molar-refractivity contribution in [1.82, 2.24) is 0 Å². The molecule has 2 amide bonds. The molecule has 0 heterocycles. The summed E-state index contributed by atoms with van der Waals surface area (Å²) in [7, 11) is 1.73. The van der Waals surface area contributed by atoms with Crippen LogP contribution in [0, 0.1) is 0 Å². The van der Waals surface area contributed by atoms with Crippen molar-refractivity contribution < 1.29 is 14.3 Å². The Morgan fingerprint density at radius 3 is 2.41 bits per heavy atom. The van der Waals surface area contributed by atoms with Crippen LogP contribution in [-0.4, -0.2) is 25.5 Å². The topological polar surface area (TPSA) is 58.6 Å². The molecule has 0 spiro atoms. The number of amides is 2. The van der Waals surface area contributed by atoms with Crippen molar-refractivity contribution in [1.29, 1.82) is 0 Å². The Bertz CT molecular complexity index is 986. The average Bonchev–Trinajstić information content (AvgIpc) is 2.77. The van der Waals surface area contributed by atoms with E-state index in [0.717, 1.165) is 12.1 Å². The summed E-state index contributed by atoms with van der Waals surface area (Å²) in [6.45, 7) is 2.55. The molecule has 3 rings (SSSR count). The van der Waals surface area contributed by atoms with E-state index in [-0.39, 0.29) is 11.8 Å². The van der Waals surface area contributed by atoms with Gasteiger partial charge in [-0.2, -0.15) is 0 Å². The number of nitrogens with one attached hydrogen (secondary N) is 1. The number of benzene rings is 3. The second kappa shape index (κ2) is 9.55. The first-order valence-electron chi connectivity index (χ1n) is 9.56. The molecule has 148 valence electrons. The Balaban J connectivity index is 1.77. The molecular formula is C24H24N2O3. The molecule has 0 unspecified atom stereocenters. The van der Waals surface area contributed by atoms with Crippen LogP contribution in [-0.2, 0) is 0 Å². The van der Waals surface area contributed by atoms with Crippen molar-refractivity contribution in [3.8, 4) is 5.75 Å². The number of ether oxygens (including phenoxy) is 1. The number of hydrogen-bond donors (Lipinski definition) is 1. The third-order valence-electron chi connectivity index (χ3n) is 4.41. The monoisotopic (exact) mass is 388 g/mol. The summed E-state index contributed by atoms with van der Waals surface area (Å²) < 4.78 is 5.67. The third-order valence-corrected chi connectivity index (χ3v) is 4.41. The van der Waals surface area contributed by atoms with Gasteiger partial charge in [0.25, 0.3) is 11.8 Å². The molecule has 29 heavy (non-hydrogen) atoms. The first kappa shape index (κ1) is 20.1. The molecule has 3 aromatic carbocycles. The molecule has 0 saturated carbocycles. The number of rotatable bonds is 7. The molecule has 0 aromatic heterocycles. The van der Waals surface area contributed by atoms with Crippen LogP contribution < -0.4 is 15.0 Å². The largest absolute Gasteiger partial charge is 0.493 e. The van der Waals surface area contributed by atoms with E-state index < -0.39 is 0 Å². The molecule has 0 aliphatic heterocycles. The Morgan fingerprint density at radius 2 is 1.66 bits per heavy atom. The maximum Gasteiger partial charge on any atom is 0.259 e. The van der Waals surface area contributed by atoms with E-state index in [1.54, 1.807) is 54.4 Å². The summed E-state index contributed by atoms with van der Waals surface area (Å²) in [5, 5.41) is 2.86. The Kier molecular flexibility index (Phi) is 6.63. The molecule has 0 bridgehead atoms. The summed E-state index contributed by atoms with van der Waals surface area (Å²) >= 11 is 0. The highest BCUT2D eigenvalue weighted by molar-refractivity contribution is 6.09. The predicted molar refractivity (Wildman–Crippen MR) is 116 cm³/mol. The molecule has 1 N–H and O–H groups in total. The van der Waals surface area contributed by atoms with Crippen LogP contribution in [0.4, 0.5) is 11.4 Å². The van der Waals surface area contributed by atoms with E-state index in [1.165, 1.54) is 0 Å². The highest BCUT2D eigenvalue weighted by Crippen LogP contribution is 2.21. The van der Waals surface area contributed by atoms with Crippen LogP contribution in [0.25, 0.3) is 0 Å². The van der Waals surface area contributed by atoms with Gasteiger partial charge in [-0.1, -0.05) is 43.3 Å². The maximum absolute atomic E-state index is 12.8. The predicted octanol–water partition coefficient (Wildman–Crippen LogP) is 5.00. The van der Waals surface area contributed by atoms with Gasteiger partial charge in [-0.25, -0.2) is 0 Å². The lowest BCUT2D eigenvalue weighted by molar-refractivity contribution is 0.0989. The number of anilines is 2. The summed E-state index contributed by atoms with van der Waals surface area (Å²) in [6.07, 6.45) is 0.856. The van der Waals surface area contributed by atoms with Gasteiger partial charge in [0, 0.05) is 24.0 Å². The van der Waals surface area contributed by atoms with Crippen LogP contribution in [0.2, 0.25) is 0 Å². The third kappa shape index (κ3) is 5.02. The molecular weight excluding hydrogens is 364 g/mol. The minimum Gasteiger partial charge on any atom is -0.493 e. The van der Waals surface area contributed by atoms with Gasteiger partial charge >= 0.3 is 0 Å². The van der Waals surface area contributed by atoms with E-state index in [9.17, 15) is 9.59 Å².